The molecule has 1 aromatic carbocycles. The molecule has 4 heterocycles. The Morgan fingerprint density at radius 2 is 1.90 bits per heavy atom. The van der Waals surface area contributed by atoms with Crippen molar-refractivity contribution in [2.45, 2.75) is 6.42 Å². The molecule has 1 amide bonds. The normalized spacial score (nSPS) is 12.6. The van der Waals surface area contributed by atoms with Gasteiger partial charge in [0.25, 0.3) is 5.91 Å². The summed E-state index contributed by atoms with van der Waals surface area (Å²) in [7, 11) is 0. The Morgan fingerprint density at radius 3 is 2.70 bits per heavy atom. The molecule has 3 aromatic heterocycles. The fraction of sp³-hybridized carbons (Fsp3) is 0.100. The molecule has 1 aliphatic rings. The van der Waals surface area contributed by atoms with E-state index in [9.17, 15) is 13.6 Å². The van der Waals surface area contributed by atoms with Crippen LogP contribution in [0.4, 0.5) is 8.78 Å². The van der Waals surface area contributed by atoms with Crippen molar-refractivity contribution in [2.24, 2.45) is 5.73 Å². The second-order valence-electron chi connectivity index (χ2n) is 6.56. The first-order chi connectivity index (χ1) is 14.5. The smallest absolute Gasteiger partial charge is 0.267 e. The second-order valence-corrected chi connectivity index (χ2v) is 7.61. The lowest BCUT2D eigenvalue weighted by Crippen LogP contribution is -2.13. The molecule has 0 saturated heterocycles. The average molecular weight is 426 g/mol. The molecule has 0 saturated carbocycles. The van der Waals surface area contributed by atoms with Crippen molar-refractivity contribution in [3.8, 4) is 38.1 Å². The highest BCUT2D eigenvalue weighted by Crippen LogP contribution is 2.44. The Bertz CT molecular complexity index is 1300. The van der Waals surface area contributed by atoms with Crippen molar-refractivity contribution in [1.82, 2.24) is 15.3 Å². The number of hydrogen-bond donors (Lipinski definition) is 1. The summed E-state index contributed by atoms with van der Waals surface area (Å²) in [6.45, 7) is 0.421. The second kappa shape index (κ2) is 6.99. The Balaban J connectivity index is 1.64. The molecule has 5 rings (SSSR count). The molecule has 10 heteroatoms. The van der Waals surface area contributed by atoms with Crippen molar-refractivity contribution in [3.63, 3.8) is 0 Å². The molecule has 30 heavy (non-hydrogen) atoms. The molecule has 150 valence electrons. The molecule has 4 aromatic rings. The first kappa shape index (κ1) is 18.4. The van der Waals surface area contributed by atoms with Gasteiger partial charge < -0.3 is 10.5 Å². The minimum atomic E-state index is -0.767. The van der Waals surface area contributed by atoms with Gasteiger partial charge in [-0.25, -0.2) is 18.4 Å². The topological polar surface area (TPSA) is 104 Å². The van der Waals surface area contributed by atoms with E-state index in [1.807, 2.05) is 6.07 Å². The van der Waals surface area contributed by atoms with E-state index in [0.29, 0.717) is 35.0 Å². The number of fused-ring (bicyclic) bond motifs is 3. The van der Waals surface area contributed by atoms with Crippen molar-refractivity contribution in [3.05, 3.63) is 59.3 Å². The van der Waals surface area contributed by atoms with Gasteiger partial charge in [0.1, 0.15) is 34.5 Å². The highest BCUT2D eigenvalue weighted by atomic mass is 32.1. The molecule has 7 nitrogen and oxygen atoms in total. The number of aromatic nitrogens is 3. The maximum absolute atomic E-state index is 14.3. The van der Waals surface area contributed by atoms with Gasteiger partial charge in [0.2, 0.25) is 0 Å². The minimum Gasteiger partial charge on any atom is -0.491 e. The van der Waals surface area contributed by atoms with E-state index in [2.05, 4.69) is 15.3 Å². The van der Waals surface area contributed by atoms with Gasteiger partial charge in [-0.3, -0.25) is 4.79 Å². The number of thiophene rings is 1. The molecule has 0 spiro atoms. The number of benzene rings is 1. The summed E-state index contributed by atoms with van der Waals surface area (Å²) < 4.78 is 38.2. The number of rotatable bonds is 3. The van der Waals surface area contributed by atoms with Crippen molar-refractivity contribution < 1.29 is 22.9 Å². The molecule has 0 radical (unpaired) electrons. The van der Waals surface area contributed by atoms with Gasteiger partial charge in [0, 0.05) is 18.1 Å². The molecule has 0 unspecified atom stereocenters. The lowest BCUT2D eigenvalue weighted by atomic mass is 10.1. The van der Waals surface area contributed by atoms with Crippen LogP contribution in [0.2, 0.25) is 0 Å². The van der Waals surface area contributed by atoms with Gasteiger partial charge in [-0.05, 0) is 46.2 Å². The summed E-state index contributed by atoms with van der Waals surface area (Å²) in [6, 6.07) is 8.26. The van der Waals surface area contributed by atoms with E-state index in [-0.39, 0.29) is 17.0 Å². The minimum absolute atomic E-state index is 0.0779. The largest absolute Gasteiger partial charge is 0.491 e. The van der Waals surface area contributed by atoms with Crippen LogP contribution in [0, 0.1) is 11.6 Å². The standard InChI is InChI=1S/C20H12F2N4O3S/c21-10-1-2-11(12(22)8-10)16-18(26-29-25-16)15-7-9-5-6-28-14-4-3-13(20(23)27)24-17(14)19(9)30-15/h1-4,7-8H,5-6H2,(H2,23,27). The summed E-state index contributed by atoms with van der Waals surface area (Å²) in [4.78, 5) is 17.4. The lowest BCUT2D eigenvalue weighted by Gasteiger charge is -2.07. The molecule has 2 N–H and O–H groups in total. The Hall–Kier alpha value is -3.66. The molecule has 1 aliphatic heterocycles. The first-order valence-electron chi connectivity index (χ1n) is 8.86. The molecule has 0 atom stereocenters. The van der Waals surface area contributed by atoms with E-state index in [1.54, 1.807) is 6.07 Å². The monoisotopic (exact) mass is 426 g/mol. The van der Waals surface area contributed by atoms with Gasteiger partial charge >= 0.3 is 0 Å². The number of primary amides is 1. The lowest BCUT2D eigenvalue weighted by molar-refractivity contribution is 0.0995. The number of pyridine rings is 1. The van der Waals surface area contributed by atoms with Gasteiger partial charge in [-0.2, -0.15) is 0 Å². The van der Waals surface area contributed by atoms with Crippen LogP contribution in [-0.4, -0.2) is 27.8 Å². The van der Waals surface area contributed by atoms with E-state index in [1.165, 1.54) is 23.5 Å². The van der Waals surface area contributed by atoms with Gasteiger partial charge in [-0.1, -0.05) is 0 Å². The molecule has 0 fully saturated rings. The fourth-order valence-electron chi connectivity index (χ4n) is 3.27. The Labute approximate surface area is 172 Å². The van der Waals surface area contributed by atoms with E-state index >= 15 is 0 Å². The maximum Gasteiger partial charge on any atom is 0.267 e. The first-order valence-corrected chi connectivity index (χ1v) is 9.68. The van der Waals surface area contributed by atoms with Crippen LogP contribution in [-0.2, 0) is 6.42 Å². The van der Waals surface area contributed by atoms with Crippen LogP contribution in [0.15, 0.2) is 41.0 Å². The van der Waals surface area contributed by atoms with Crippen LogP contribution in [0.5, 0.6) is 5.75 Å². The quantitative estimate of drug-likeness (QED) is 0.534. The summed E-state index contributed by atoms with van der Waals surface area (Å²) in [5.74, 6) is -1.56. The zero-order chi connectivity index (χ0) is 20.8. The summed E-state index contributed by atoms with van der Waals surface area (Å²) >= 11 is 1.33. The third kappa shape index (κ3) is 3.01. The van der Waals surface area contributed by atoms with Gasteiger partial charge in [-0.15, -0.1) is 11.3 Å². The highest BCUT2D eigenvalue weighted by molar-refractivity contribution is 7.19. The zero-order valence-electron chi connectivity index (χ0n) is 15.2. The third-order valence-electron chi connectivity index (χ3n) is 4.67. The number of carbonyl (C=O) groups is 1. The highest BCUT2D eigenvalue weighted by Gasteiger charge is 2.25. The number of amides is 1. The Kier molecular flexibility index (Phi) is 4.28. The number of ether oxygens (including phenoxy) is 1. The van der Waals surface area contributed by atoms with E-state index in [4.69, 9.17) is 15.1 Å². The van der Waals surface area contributed by atoms with Crippen LogP contribution >= 0.6 is 11.3 Å². The van der Waals surface area contributed by atoms with Crippen LogP contribution in [0.25, 0.3) is 32.4 Å². The van der Waals surface area contributed by atoms with E-state index in [0.717, 1.165) is 22.6 Å². The van der Waals surface area contributed by atoms with Gasteiger partial charge in [0.05, 0.1) is 16.4 Å². The summed E-state index contributed by atoms with van der Waals surface area (Å²) in [5, 5.41) is 7.75. The molecule has 0 aliphatic carbocycles. The van der Waals surface area contributed by atoms with Crippen LogP contribution in [0.1, 0.15) is 16.1 Å². The number of nitrogens with zero attached hydrogens (tertiary/aromatic N) is 3. The average Bonchev–Trinajstić information content (AvgIpc) is 3.32. The van der Waals surface area contributed by atoms with Crippen LogP contribution < -0.4 is 10.5 Å². The van der Waals surface area contributed by atoms with Gasteiger partial charge in [0.15, 0.2) is 5.69 Å². The molecular formula is C20H12F2N4O3S. The SMILES string of the molecule is NC(=O)c1ccc2c(n1)-c1sc(-c3nonc3-c3ccc(F)cc3F)cc1CCO2. The summed E-state index contributed by atoms with van der Waals surface area (Å²) in [6.07, 6.45) is 0.597. The Morgan fingerprint density at radius 1 is 1.07 bits per heavy atom. The van der Waals surface area contributed by atoms with E-state index < -0.39 is 17.5 Å². The fourth-order valence-corrected chi connectivity index (χ4v) is 4.46. The predicted octanol–water partition coefficient (Wildman–Crippen LogP) is 3.84. The number of nitrogens with two attached hydrogens (primary N) is 1. The number of carbonyl (C=O) groups excluding carboxylic acids is 1. The molecule has 0 bridgehead atoms. The third-order valence-corrected chi connectivity index (χ3v) is 5.86. The van der Waals surface area contributed by atoms with Crippen molar-refractivity contribution in [1.29, 1.82) is 0 Å². The number of halogens is 2. The van der Waals surface area contributed by atoms with Crippen molar-refractivity contribution in [2.75, 3.05) is 6.61 Å². The maximum atomic E-state index is 14.3. The zero-order valence-corrected chi connectivity index (χ0v) is 16.0. The predicted molar refractivity (Wildman–Crippen MR) is 104 cm³/mol. The van der Waals surface area contributed by atoms with Crippen LogP contribution in [0.3, 0.4) is 0 Å². The molecular weight excluding hydrogens is 414 g/mol. The van der Waals surface area contributed by atoms with Crippen molar-refractivity contribution >= 4 is 17.2 Å². The summed E-state index contributed by atoms with van der Waals surface area (Å²) in [5.41, 5.74) is 7.49. The number of hydrogen-bond acceptors (Lipinski definition) is 7.